The highest BCUT2D eigenvalue weighted by molar-refractivity contribution is 5.73. The Morgan fingerprint density at radius 3 is 2.64 bits per heavy atom. The number of amides is 2. The van der Waals surface area contributed by atoms with Crippen LogP contribution in [0.3, 0.4) is 0 Å². The number of hydrogen-bond donors (Lipinski definition) is 2. The van der Waals surface area contributed by atoms with Crippen LogP contribution < -0.4 is 20.1 Å². The summed E-state index contributed by atoms with van der Waals surface area (Å²) in [5.41, 5.74) is 2.18. The van der Waals surface area contributed by atoms with Crippen LogP contribution in [0.4, 0.5) is 4.79 Å². The Hall–Kier alpha value is -2.69. The summed E-state index contributed by atoms with van der Waals surface area (Å²) < 4.78 is 10.6. The van der Waals surface area contributed by atoms with E-state index in [9.17, 15) is 4.79 Å². The number of hydrogen-bond acceptors (Lipinski definition) is 3. The second-order valence-corrected chi connectivity index (χ2v) is 5.03. The molecule has 0 saturated heterocycles. The number of carbonyl (C=O) groups is 1. The molecule has 0 bridgehead atoms. The van der Waals surface area contributed by atoms with Gasteiger partial charge in [0.05, 0.1) is 0 Å². The molecule has 0 aromatic heterocycles. The first-order valence-electron chi connectivity index (χ1n) is 7.25. The van der Waals surface area contributed by atoms with Crippen LogP contribution in [0.2, 0.25) is 0 Å². The molecule has 5 nitrogen and oxygen atoms in total. The van der Waals surface area contributed by atoms with Gasteiger partial charge in [-0.25, -0.2) is 4.79 Å². The standard InChI is InChI=1S/C17H18N2O3/c20-17(18-9-8-13-4-2-1-3-5-13)19-11-14-6-7-15-16(10-14)22-12-21-15/h1-7,10H,8-9,11-12H2,(H2,18,19,20). The lowest BCUT2D eigenvalue weighted by Crippen LogP contribution is -2.36. The summed E-state index contributed by atoms with van der Waals surface area (Å²) in [4.78, 5) is 11.8. The minimum Gasteiger partial charge on any atom is -0.454 e. The fourth-order valence-electron chi connectivity index (χ4n) is 2.26. The number of ether oxygens (including phenoxy) is 2. The van der Waals surface area contributed by atoms with Crippen LogP contribution in [0.5, 0.6) is 11.5 Å². The highest BCUT2D eigenvalue weighted by atomic mass is 16.7. The Morgan fingerprint density at radius 1 is 0.955 bits per heavy atom. The molecule has 0 fully saturated rings. The van der Waals surface area contributed by atoms with Gasteiger partial charge in [-0.3, -0.25) is 0 Å². The molecule has 1 aliphatic rings. The van der Waals surface area contributed by atoms with Gasteiger partial charge in [-0.05, 0) is 29.7 Å². The van der Waals surface area contributed by atoms with E-state index in [1.165, 1.54) is 5.56 Å². The minimum absolute atomic E-state index is 0.173. The van der Waals surface area contributed by atoms with Crippen LogP contribution in [0.1, 0.15) is 11.1 Å². The molecule has 114 valence electrons. The van der Waals surface area contributed by atoms with Gasteiger partial charge in [0.1, 0.15) is 0 Å². The maximum Gasteiger partial charge on any atom is 0.315 e. The SMILES string of the molecule is O=C(NCCc1ccccc1)NCc1ccc2c(c1)OCO2. The quantitative estimate of drug-likeness (QED) is 0.891. The van der Waals surface area contributed by atoms with Gasteiger partial charge in [-0.1, -0.05) is 36.4 Å². The third-order valence-electron chi connectivity index (χ3n) is 3.43. The molecule has 0 unspecified atom stereocenters. The van der Waals surface area contributed by atoms with Crippen molar-refractivity contribution in [2.45, 2.75) is 13.0 Å². The van der Waals surface area contributed by atoms with Crippen molar-refractivity contribution >= 4 is 6.03 Å². The van der Waals surface area contributed by atoms with E-state index in [1.54, 1.807) is 0 Å². The summed E-state index contributed by atoms with van der Waals surface area (Å²) in [5, 5.41) is 5.68. The van der Waals surface area contributed by atoms with Crippen molar-refractivity contribution in [2.75, 3.05) is 13.3 Å². The van der Waals surface area contributed by atoms with Crippen LogP contribution in [-0.2, 0) is 13.0 Å². The number of carbonyl (C=O) groups excluding carboxylic acids is 1. The van der Waals surface area contributed by atoms with Crippen molar-refractivity contribution in [1.82, 2.24) is 10.6 Å². The Morgan fingerprint density at radius 2 is 1.77 bits per heavy atom. The lowest BCUT2D eigenvalue weighted by atomic mass is 10.1. The predicted molar refractivity (Wildman–Crippen MR) is 82.9 cm³/mol. The Balaban J connectivity index is 1.41. The lowest BCUT2D eigenvalue weighted by molar-refractivity contribution is 0.174. The smallest absolute Gasteiger partial charge is 0.315 e. The van der Waals surface area contributed by atoms with Gasteiger partial charge in [0.15, 0.2) is 11.5 Å². The lowest BCUT2D eigenvalue weighted by Gasteiger charge is -2.08. The molecule has 5 heteroatoms. The van der Waals surface area contributed by atoms with Gasteiger partial charge >= 0.3 is 6.03 Å². The fourth-order valence-corrected chi connectivity index (χ4v) is 2.26. The van der Waals surface area contributed by atoms with E-state index in [0.717, 1.165) is 23.5 Å². The van der Waals surface area contributed by atoms with Crippen molar-refractivity contribution in [3.8, 4) is 11.5 Å². The van der Waals surface area contributed by atoms with E-state index in [0.29, 0.717) is 13.1 Å². The number of fused-ring (bicyclic) bond motifs is 1. The van der Waals surface area contributed by atoms with Crippen molar-refractivity contribution in [3.63, 3.8) is 0 Å². The highest BCUT2D eigenvalue weighted by Gasteiger charge is 2.13. The molecular weight excluding hydrogens is 280 g/mol. The zero-order valence-electron chi connectivity index (χ0n) is 12.2. The van der Waals surface area contributed by atoms with E-state index in [1.807, 2.05) is 48.5 Å². The number of nitrogens with one attached hydrogen (secondary N) is 2. The van der Waals surface area contributed by atoms with Gasteiger partial charge in [0.25, 0.3) is 0 Å². The minimum atomic E-state index is -0.173. The zero-order valence-corrected chi connectivity index (χ0v) is 12.2. The maximum atomic E-state index is 11.8. The van der Waals surface area contributed by atoms with Crippen LogP contribution >= 0.6 is 0 Å². The maximum absolute atomic E-state index is 11.8. The van der Waals surface area contributed by atoms with E-state index >= 15 is 0 Å². The first-order valence-corrected chi connectivity index (χ1v) is 7.25. The summed E-state index contributed by atoms with van der Waals surface area (Å²) in [6.07, 6.45) is 0.818. The van der Waals surface area contributed by atoms with E-state index in [4.69, 9.17) is 9.47 Å². The summed E-state index contributed by atoms with van der Waals surface area (Å²) >= 11 is 0. The molecule has 2 aromatic rings. The molecule has 0 saturated carbocycles. The number of urea groups is 1. The topological polar surface area (TPSA) is 59.6 Å². The first kappa shape index (κ1) is 14.3. The summed E-state index contributed by atoms with van der Waals surface area (Å²) in [7, 11) is 0. The summed E-state index contributed by atoms with van der Waals surface area (Å²) in [5.74, 6) is 1.47. The number of benzene rings is 2. The highest BCUT2D eigenvalue weighted by Crippen LogP contribution is 2.32. The first-order chi connectivity index (χ1) is 10.8. The van der Waals surface area contributed by atoms with Crippen LogP contribution in [-0.4, -0.2) is 19.4 Å². The predicted octanol–water partition coefficient (Wildman–Crippen LogP) is 2.46. The van der Waals surface area contributed by atoms with Gasteiger partial charge in [0.2, 0.25) is 6.79 Å². The molecule has 1 aliphatic heterocycles. The van der Waals surface area contributed by atoms with Gasteiger partial charge in [-0.2, -0.15) is 0 Å². The van der Waals surface area contributed by atoms with E-state index in [2.05, 4.69) is 10.6 Å². The van der Waals surface area contributed by atoms with Crippen LogP contribution in [0.15, 0.2) is 48.5 Å². The van der Waals surface area contributed by atoms with Crippen molar-refractivity contribution in [1.29, 1.82) is 0 Å². The van der Waals surface area contributed by atoms with Crippen molar-refractivity contribution in [3.05, 3.63) is 59.7 Å². The number of rotatable bonds is 5. The van der Waals surface area contributed by atoms with E-state index < -0.39 is 0 Å². The molecular formula is C17H18N2O3. The second kappa shape index (κ2) is 6.85. The van der Waals surface area contributed by atoms with Gasteiger partial charge in [-0.15, -0.1) is 0 Å². The fraction of sp³-hybridized carbons (Fsp3) is 0.235. The molecule has 3 rings (SSSR count). The molecule has 0 spiro atoms. The normalized spacial score (nSPS) is 12.0. The largest absolute Gasteiger partial charge is 0.454 e. The van der Waals surface area contributed by atoms with Gasteiger partial charge < -0.3 is 20.1 Å². The van der Waals surface area contributed by atoms with Crippen molar-refractivity contribution < 1.29 is 14.3 Å². The average Bonchev–Trinajstić information content (AvgIpc) is 3.01. The summed E-state index contributed by atoms with van der Waals surface area (Å²) in [6.45, 7) is 1.32. The molecule has 1 heterocycles. The van der Waals surface area contributed by atoms with Gasteiger partial charge in [0, 0.05) is 13.1 Å². The van der Waals surface area contributed by atoms with Crippen LogP contribution in [0.25, 0.3) is 0 Å². The molecule has 2 N–H and O–H groups in total. The third-order valence-corrected chi connectivity index (χ3v) is 3.43. The van der Waals surface area contributed by atoms with Crippen molar-refractivity contribution in [2.24, 2.45) is 0 Å². The van der Waals surface area contributed by atoms with Crippen LogP contribution in [0, 0.1) is 0 Å². The summed E-state index contributed by atoms with van der Waals surface area (Å²) in [6, 6.07) is 15.5. The molecule has 0 atom stereocenters. The zero-order chi connectivity index (χ0) is 15.2. The molecule has 0 radical (unpaired) electrons. The molecule has 22 heavy (non-hydrogen) atoms. The molecule has 2 amide bonds. The molecule has 2 aromatic carbocycles. The monoisotopic (exact) mass is 298 g/mol. The Kier molecular flexibility index (Phi) is 4.44. The average molecular weight is 298 g/mol. The molecule has 0 aliphatic carbocycles. The Bertz CT molecular complexity index is 644. The second-order valence-electron chi connectivity index (χ2n) is 5.03. The third kappa shape index (κ3) is 3.69. The Labute approximate surface area is 129 Å². The van der Waals surface area contributed by atoms with E-state index in [-0.39, 0.29) is 12.8 Å².